The molecule has 0 saturated heterocycles. The van der Waals surface area contributed by atoms with E-state index < -0.39 is 24.3 Å². The van der Waals surface area contributed by atoms with Crippen LogP contribution in [0.1, 0.15) is 258 Å². The summed E-state index contributed by atoms with van der Waals surface area (Å²) >= 11 is 0. The number of likely N-dealkylation sites (N-methyl/N-ethyl adjacent to an activating group) is 1. The summed E-state index contributed by atoms with van der Waals surface area (Å²) in [6.07, 6.45) is 68.1. The van der Waals surface area contributed by atoms with Gasteiger partial charge < -0.3 is 33.3 Å². The number of esters is 2. The van der Waals surface area contributed by atoms with Crippen molar-refractivity contribution in [3.05, 3.63) is 72.9 Å². The third-order valence-corrected chi connectivity index (χ3v) is 12.9. The van der Waals surface area contributed by atoms with Crippen LogP contribution in [0.5, 0.6) is 0 Å². The third-order valence-electron chi connectivity index (χ3n) is 12.9. The highest BCUT2D eigenvalue weighted by atomic mass is 16.7. The van der Waals surface area contributed by atoms with Crippen LogP contribution in [-0.4, -0.2) is 82.3 Å². The fourth-order valence-electron chi connectivity index (χ4n) is 8.32. The molecule has 0 aromatic rings. The molecule has 0 heterocycles. The number of unbranched alkanes of at least 4 members (excludes halogenated alkanes) is 28. The normalized spacial score (nSPS) is 13.3. The lowest BCUT2D eigenvalue weighted by atomic mass is 10.0. The number of quaternary nitrogens is 1. The lowest BCUT2D eigenvalue weighted by molar-refractivity contribution is -0.870. The van der Waals surface area contributed by atoms with Gasteiger partial charge in [0, 0.05) is 12.8 Å². The molecule has 0 aliphatic heterocycles. The fraction of sp³-hybridized carbons (Fsp3) is 0.766. The van der Waals surface area contributed by atoms with Gasteiger partial charge in [0.25, 0.3) is 0 Å². The summed E-state index contributed by atoms with van der Waals surface area (Å²) in [5, 5.41) is 11.8. The Morgan fingerprint density at radius 2 is 0.781 bits per heavy atom. The summed E-state index contributed by atoms with van der Waals surface area (Å²) in [4.78, 5) is 37.3. The first-order valence-corrected chi connectivity index (χ1v) is 30.1. The fourth-order valence-corrected chi connectivity index (χ4v) is 8.32. The molecule has 0 aromatic carbocycles. The second kappa shape index (κ2) is 55.0. The van der Waals surface area contributed by atoms with E-state index in [4.69, 9.17) is 18.9 Å². The van der Waals surface area contributed by atoms with Crippen LogP contribution in [0, 0.1) is 0 Å². The van der Waals surface area contributed by atoms with E-state index in [2.05, 4.69) is 86.8 Å². The number of ether oxygens (including phenoxy) is 4. The van der Waals surface area contributed by atoms with Gasteiger partial charge in [-0.25, -0.2) is 0 Å². The number of carbonyl (C=O) groups is 3. The molecule has 9 heteroatoms. The van der Waals surface area contributed by atoms with Crippen molar-refractivity contribution in [1.29, 1.82) is 0 Å². The highest BCUT2D eigenvalue weighted by molar-refractivity contribution is 5.70. The SMILES string of the molecule is CC/C=C\C/C=C\C/C=C\C/C=C\C/C=C\CCCCCCCCCCCCCCCCCC(=O)OC(COC(=O)CCCCCCCCC/C=C\CCCCCCCC)COC(OCC[N+](C)(C)C)C(=O)[O-]. The molecule has 2 atom stereocenters. The van der Waals surface area contributed by atoms with Crippen LogP contribution in [0.3, 0.4) is 0 Å². The Hall–Kier alpha value is -3.27. The standard InChI is InChI=1S/C64H113NO8/c1-6-8-10-12-14-16-18-20-22-24-25-26-27-28-29-30-31-32-33-34-35-36-37-39-41-43-45-47-49-51-53-55-62(67)73-60(59-72-64(63(68)69)70-57-56-65(3,4)5)58-71-61(66)54-52-50-48-46-44-42-40-38-23-21-19-17-15-13-11-9-7-2/h8,10,14,16,20-23,25-26,28-29,60,64H,6-7,9,11-13,15,17-19,24,27,30-59H2,1-5H3/b10-8-,16-14-,22-20-,23-21-,26-25-,29-28-. The molecular formula is C64H113NO8. The summed E-state index contributed by atoms with van der Waals surface area (Å²) in [6, 6.07) is 0. The number of allylic oxidation sites excluding steroid dienone is 12. The van der Waals surface area contributed by atoms with Crippen molar-refractivity contribution in [2.24, 2.45) is 0 Å². The second-order valence-corrected chi connectivity index (χ2v) is 21.3. The number of aliphatic carboxylic acids is 1. The average Bonchev–Trinajstić information content (AvgIpc) is 3.36. The van der Waals surface area contributed by atoms with Crippen molar-refractivity contribution in [2.45, 2.75) is 270 Å². The zero-order chi connectivity index (χ0) is 53.4. The highest BCUT2D eigenvalue weighted by Gasteiger charge is 2.22. The largest absolute Gasteiger partial charge is 0.545 e. The van der Waals surface area contributed by atoms with Crippen molar-refractivity contribution in [2.75, 3.05) is 47.5 Å². The van der Waals surface area contributed by atoms with E-state index in [0.29, 0.717) is 17.4 Å². The molecular weight excluding hydrogens is 911 g/mol. The average molecular weight is 1020 g/mol. The first-order chi connectivity index (χ1) is 35.6. The number of nitrogens with zero attached hydrogens (tertiary/aromatic N) is 1. The Bertz CT molecular complexity index is 1420. The molecule has 9 nitrogen and oxygen atoms in total. The number of rotatable bonds is 55. The van der Waals surface area contributed by atoms with Crippen LogP contribution in [0.2, 0.25) is 0 Å². The summed E-state index contributed by atoms with van der Waals surface area (Å²) in [7, 11) is 5.92. The first-order valence-electron chi connectivity index (χ1n) is 30.1. The van der Waals surface area contributed by atoms with Crippen LogP contribution < -0.4 is 5.11 Å². The van der Waals surface area contributed by atoms with Crippen molar-refractivity contribution in [3.63, 3.8) is 0 Å². The van der Waals surface area contributed by atoms with Crippen LogP contribution in [0.4, 0.5) is 0 Å². The van der Waals surface area contributed by atoms with Crippen molar-refractivity contribution in [3.8, 4) is 0 Å². The molecule has 2 unspecified atom stereocenters. The molecule has 0 rings (SSSR count). The molecule has 0 bridgehead atoms. The van der Waals surface area contributed by atoms with Gasteiger partial charge in [-0.15, -0.1) is 0 Å². The van der Waals surface area contributed by atoms with E-state index in [1.165, 1.54) is 141 Å². The van der Waals surface area contributed by atoms with Crippen LogP contribution in [0.15, 0.2) is 72.9 Å². The minimum Gasteiger partial charge on any atom is -0.545 e. The smallest absolute Gasteiger partial charge is 0.306 e. The first kappa shape index (κ1) is 69.7. The highest BCUT2D eigenvalue weighted by Crippen LogP contribution is 2.16. The monoisotopic (exact) mass is 1020 g/mol. The topological polar surface area (TPSA) is 111 Å². The summed E-state index contributed by atoms with van der Waals surface area (Å²) in [5.41, 5.74) is 0. The zero-order valence-electron chi connectivity index (χ0n) is 48.0. The quantitative estimate of drug-likeness (QED) is 0.0195. The molecule has 0 fully saturated rings. The van der Waals surface area contributed by atoms with E-state index in [0.717, 1.165) is 83.5 Å². The lowest BCUT2D eigenvalue weighted by Gasteiger charge is -2.26. The molecule has 0 aliphatic rings. The minimum absolute atomic E-state index is 0.146. The van der Waals surface area contributed by atoms with E-state index in [1.807, 2.05) is 21.1 Å². The molecule has 0 radical (unpaired) electrons. The maximum atomic E-state index is 12.9. The molecule has 422 valence electrons. The van der Waals surface area contributed by atoms with Crippen molar-refractivity contribution < 1.29 is 42.9 Å². The number of hydrogen-bond donors (Lipinski definition) is 0. The van der Waals surface area contributed by atoms with E-state index in [-0.39, 0.29) is 38.6 Å². The third kappa shape index (κ3) is 56.3. The van der Waals surface area contributed by atoms with Gasteiger partial charge in [-0.1, -0.05) is 234 Å². The van der Waals surface area contributed by atoms with Gasteiger partial charge in [-0.3, -0.25) is 9.59 Å². The van der Waals surface area contributed by atoms with Crippen LogP contribution in [-0.2, 0) is 33.3 Å². The Morgan fingerprint density at radius 3 is 1.18 bits per heavy atom. The van der Waals surface area contributed by atoms with Gasteiger partial charge >= 0.3 is 11.9 Å². The Labute approximate surface area is 449 Å². The number of carboxylic acid groups (broad SMARTS) is 1. The van der Waals surface area contributed by atoms with Crippen molar-refractivity contribution in [1.82, 2.24) is 0 Å². The Morgan fingerprint density at radius 1 is 0.425 bits per heavy atom. The van der Waals surface area contributed by atoms with E-state index in [9.17, 15) is 19.5 Å². The molecule has 0 spiro atoms. The van der Waals surface area contributed by atoms with Gasteiger partial charge in [-0.05, 0) is 83.5 Å². The van der Waals surface area contributed by atoms with Gasteiger partial charge in [0.05, 0.1) is 40.3 Å². The van der Waals surface area contributed by atoms with E-state index >= 15 is 0 Å². The molecule has 73 heavy (non-hydrogen) atoms. The van der Waals surface area contributed by atoms with Gasteiger partial charge in [0.15, 0.2) is 12.4 Å². The number of carboxylic acids is 1. The van der Waals surface area contributed by atoms with Gasteiger partial charge in [-0.2, -0.15) is 0 Å². The predicted molar refractivity (Wildman–Crippen MR) is 306 cm³/mol. The van der Waals surface area contributed by atoms with Gasteiger partial charge in [0.1, 0.15) is 13.2 Å². The zero-order valence-corrected chi connectivity index (χ0v) is 48.0. The number of hydrogen-bond acceptors (Lipinski definition) is 8. The van der Waals surface area contributed by atoms with Gasteiger partial charge in [0.2, 0.25) is 0 Å². The minimum atomic E-state index is -1.62. The Kier molecular flexibility index (Phi) is 52.5. The molecule has 0 aliphatic carbocycles. The summed E-state index contributed by atoms with van der Waals surface area (Å²) in [6.45, 7) is 4.64. The molecule has 0 aromatic heterocycles. The lowest BCUT2D eigenvalue weighted by Crippen LogP contribution is -2.44. The summed E-state index contributed by atoms with van der Waals surface area (Å²) in [5.74, 6) is -2.28. The van der Waals surface area contributed by atoms with Crippen LogP contribution >= 0.6 is 0 Å². The molecule has 0 amide bonds. The Balaban J connectivity index is 4.16. The number of carbonyl (C=O) groups excluding carboxylic acids is 3. The molecule has 0 N–H and O–H groups in total. The van der Waals surface area contributed by atoms with Crippen molar-refractivity contribution >= 4 is 17.9 Å². The summed E-state index contributed by atoms with van der Waals surface area (Å²) < 4.78 is 22.7. The second-order valence-electron chi connectivity index (χ2n) is 21.3. The maximum Gasteiger partial charge on any atom is 0.306 e. The van der Waals surface area contributed by atoms with E-state index in [1.54, 1.807) is 0 Å². The molecule has 0 saturated carbocycles. The predicted octanol–water partition coefficient (Wildman–Crippen LogP) is 16.5. The van der Waals surface area contributed by atoms with Crippen LogP contribution in [0.25, 0.3) is 0 Å². The maximum absolute atomic E-state index is 12.9.